The lowest BCUT2D eigenvalue weighted by atomic mass is 10.2. The summed E-state index contributed by atoms with van der Waals surface area (Å²) in [6.07, 6.45) is 1.75. The number of anilines is 1. The van der Waals surface area contributed by atoms with Crippen LogP contribution in [0.15, 0.2) is 16.7 Å². The number of alkyl halides is 1. The summed E-state index contributed by atoms with van der Waals surface area (Å²) in [4.78, 5) is 4.01. The smallest absolute Gasteiger partial charge is 0.194 e. The van der Waals surface area contributed by atoms with E-state index in [0.29, 0.717) is 16.6 Å². The zero-order valence-corrected chi connectivity index (χ0v) is 9.46. The standard InChI is InChI=1S/C8H6ClIN2O/c9-6-1-5-4(2-10)3-12-8(11)7(5)13-6/h1,3H,2H2,(H2,11,12). The number of nitrogens with zero attached hydrogens (tertiary/aromatic N) is 1. The van der Waals surface area contributed by atoms with E-state index in [1.165, 1.54) is 0 Å². The molecule has 0 saturated heterocycles. The first-order chi connectivity index (χ1) is 6.22. The molecule has 0 spiro atoms. The Bertz CT molecular complexity index is 455. The lowest BCUT2D eigenvalue weighted by molar-refractivity contribution is 0.618. The second-order valence-corrected chi connectivity index (χ2v) is 3.73. The third-order valence-corrected chi connectivity index (χ3v) is 2.79. The first-order valence-electron chi connectivity index (χ1n) is 3.60. The molecule has 0 aliphatic carbocycles. The first kappa shape index (κ1) is 9.08. The largest absolute Gasteiger partial charge is 0.441 e. The van der Waals surface area contributed by atoms with Crippen molar-refractivity contribution in [3.05, 3.63) is 23.0 Å². The maximum Gasteiger partial charge on any atom is 0.194 e. The number of furan rings is 1. The molecule has 2 aromatic rings. The monoisotopic (exact) mass is 308 g/mol. The summed E-state index contributed by atoms with van der Waals surface area (Å²) in [5.41, 5.74) is 7.29. The minimum absolute atomic E-state index is 0.348. The summed E-state index contributed by atoms with van der Waals surface area (Å²) >= 11 is 7.99. The van der Waals surface area contributed by atoms with Gasteiger partial charge in [0.05, 0.1) is 0 Å². The van der Waals surface area contributed by atoms with Gasteiger partial charge in [0.2, 0.25) is 0 Å². The molecule has 0 radical (unpaired) electrons. The Labute approximate surface area is 93.4 Å². The van der Waals surface area contributed by atoms with Gasteiger partial charge in [-0.3, -0.25) is 0 Å². The Kier molecular flexibility index (Phi) is 2.33. The van der Waals surface area contributed by atoms with Gasteiger partial charge in [-0.15, -0.1) is 0 Å². The number of nitrogens with two attached hydrogens (primary N) is 1. The number of pyridine rings is 1. The molecule has 0 aliphatic rings. The molecule has 0 unspecified atom stereocenters. The molecule has 68 valence electrons. The van der Waals surface area contributed by atoms with E-state index < -0.39 is 0 Å². The zero-order valence-electron chi connectivity index (χ0n) is 6.55. The van der Waals surface area contributed by atoms with E-state index in [0.717, 1.165) is 15.4 Å². The highest BCUT2D eigenvalue weighted by Gasteiger charge is 2.09. The van der Waals surface area contributed by atoms with Crippen molar-refractivity contribution in [1.82, 2.24) is 4.98 Å². The summed E-state index contributed by atoms with van der Waals surface area (Å²) < 4.78 is 6.07. The number of hydrogen-bond donors (Lipinski definition) is 1. The maximum atomic E-state index is 5.73. The van der Waals surface area contributed by atoms with E-state index in [-0.39, 0.29) is 0 Å². The van der Waals surface area contributed by atoms with Crippen LogP contribution in [0.2, 0.25) is 5.22 Å². The summed E-state index contributed by atoms with van der Waals surface area (Å²) in [6.45, 7) is 0. The van der Waals surface area contributed by atoms with E-state index in [4.69, 9.17) is 21.8 Å². The highest BCUT2D eigenvalue weighted by atomic mass is 127. The van der Waals surface area contributed by atoms with Gasteiger partial charge in [0.1, 0.15) is 0 Å². The van der Waals surface area contributed by atoms with Crippen molar-refractivity contribution < 1.29 is 4.42 Å². The second kappa shape index (κ2) is 3.34. The zero-order chi connectivity index (χ0) is 9.42. The molecule has 13 heavy (non-hydrogen) atoms. The van der Waals surface area contributed by atoms with E-state index >= 15 is 0 Å². The molecule has 0 aromatic carbocycles. The van der Waals surface area contributed by atoms with Crippen molar-refractivity contribution in [2.45, 2.75) is 4.43 Å². The van der Waals surface area contributed by atoms with Crippen LogP contribution in [0.4, 0.5) is 5.82 Å². The maximum absolute atomic E-state index is 5.73. The van der Waals surface area contributed by atoms with Gasteiger partial charge in [0, 0.05) is 22.1 Å². The Balaban J connectivity index is 2.83. The summed E-state index contributed by atoms with van der Waals surface area (Å²) in [5, 5.41) is 1.30. The number of fused-ring (bicyclic) bond motifs is 1. The van der Waals surface area contributed by atoms with Gasteiger partial charge in [-0.1, -0.05) is 22.6 Å². The summed E-state index contributed by atoms with van der Waals surface area (Å²) in [5.74, 6) is 0.385. The molecule has 0 saturated carbocycles. The van der Waals surface area contributed by atoms with Crippen LogP contribution < -0.4 is 5.73 Å². The molecule has 0 amide bonds. The second-order valence-electron chi connectivity index (χ2n) is 2.60. The molecular weight excluding hydrogens is 302 g/mol. The van der Waals surface area contributed by atoms with E-state index in [9.17, 15) is 0 Å². The fourth-order valence-electron chi connectivity index (χ4n) is 1.17. The molecule has 2 heterocycles. The normalized spacial score (nSPS) is 10.9. The van der Waals surface area contributed by atoms with Crippen LogP contribution in [0.25, 0.3) is 11.0 Å². The molecule has 3 nitrogen and oxygen atoms in total. The summed E-state index contributed by atoms with van der Waals surface area (Å²) in [6, 6.07) is 1.77. The lowest BCUT2D eigenvalue weighted by Gasteiger charge is -1.98. The SMILES string of the molecule is Nc1ncc(CI)c2cc(Cl)oc12. The highest BCUT2D eigenvalue weighted by molar-refractivity contribution is 14.1. The average Bonchev–Trinajstić information content (AvgIpc) is 2.48. The lowest BCUT2D eigenvalue weighted by Crippen LogP contribution is -1.91. The minimum Gasteiger partial charge on any atom is -0.441 e. The number of rotatable bonds is 1. The Morgan fingerprint density at radius 2 is 2.38 bits per heavy atom. The van der Waals surface area contributed by atoms with Gasteiger partial charge in [-0.05, 0) is 17.2 Å². The molecule has 2 N–H and O–H groups in total. The van der Waals surface area contributed by atoms with E-state index in [1.54, 1.807) is 12.3 Å². The minimum atomic E-state index is 0.348. The van der Waals surface area contributed by atoms with Crippen molar-refractivity contribution >= 4 is 51.0 Å². The van der Waals surface area contributed by atoms with Gasteiger partial charge in [0.15, 0.2) is 16.6 Å². The van der Waals surface area contributed by atoms with Crippen molar-refractivity contribution in [3.63, 3.8) is 0 Å². The van der Waals surface area contributed by atoms with Crippen molar-refractivity contribution in [2.75, 3.05) is 5.73 Å². The van der Waals surface area contributed by atoms with Crippen LogP contribution in [0, 0.1) is 0 Å². The predicted molar refractivity (Wildman–Crippen MR) is 61.2 cm³/mol. The fraction of sp³-hybridized carbons (Fsp3) is 0.125. The Morgan fingerprint density at radius 3 is 3.08 bits per heavy atom. The van der Waals surface area contributed by atoms with Crippen LogP contribution in [0.1, 0.15) is 5.56 Å². The fourth-order valence-corrected chi connectivity index (χ4v) is 1.97. The van der Waals surface area contributed by atoms with Gasteiger partial charge in [-0.2, -0.15) is 0 Å². The van der Waals surface area contributed by atoms with Crippen LogP contribution in [-0.2, 0) is 4.43 Å². The number of hydrogen-bond acceptors (Lipinski definition) is 3. The van der Waals surface area contributed by atoms with Crippen LogP contribution in [0.3, 0.4) is 0 Å². The molecule has 5 heteroatoms. The molecule has 2 aromatic heterocycles. The van der Waals surface area contributed by atoms with Gasteiger partial charge in [-0.25, -0.2) is 4.98 Å². The molecule has 0 bridgehead atoms. The molecule has 0 atom stereocenters. The molecule has 0 fully saturated rings. The van der Waals surface area contributed by atoms with Crippen molar-refractivity contribution in [3.8, 4) is 0 Å². The van der Waals surface area contributed by atoms with Crippen molar-refractivity contribution in [2.24, 2.45) is 0 Å². The topological polar surface area (TPSA) is 52.0 Å². The van der Waals surface area contributed by atoms with Crippen LogP contribution in [-0.4, -0.2) is 4.98 Å². The first-order valence-corrected chi connectivity index (χ1v) is 5.51. The third kappa shape index (κ3) is 1.48. The quantitative estimate of drug-likeness (QED) is 0.651. The Hall–Kier alpha value is -0.490. The third-order valence-electron chi connectivity index (χ3n) is 1.78. The average molecular weight is 309 g/mol. The van der Waals surface area contributed by atoms with E-state index in [1.807, 2.05) is 0 Å². The number of halogens is 2. The predicted octanol–water partition coefficient (Wildman–Crippen LogP) is 3.00. The molecule has 0 aliphatic heterocycles. The van der Waals surface area contributed by atoms with E-state index in [2.05, 4.69) is 27.6 Å². The molecular formula is C8H6ClIN2O. The van der Waals surface area contributed by atoms with Crippen molar-refractivity contribution in [1.29, 1.82) is 0 Å². The van der Waals surface area contributed by atoms with Gasteiger partial charge < -0.3 is 10.2 Å². The van der Waals surface area contributed by atoms with Gasteiger partial charge in [0.25, 0.3) is 0 Å². The number of aromatic nitrogens is 1. The Morgan fingerprint density at radius 1 is 1.62 bits per heavy atom. The number of nitrogen functional groups attached to an aromatic ring is 1. The van der Waals surface area contributed by atoms with Crippen LogP contribution >= 0.6 is 34.2 Å². The summed E-state index contributed by atoms with van der Waals surface area (Å²) in [7, 11) is 0. The molecule has 2 rings (SSSR count). The van der Waals surface area contributed by atoms with Crippen LogP contribution in [0.5, 0.6) is 0 Å². The highest BCUT2D eigenvalue weighted by Crippen LogP contribution is 2.29. The van der Waals surface area contributed by atoms with Gasteiger partial charge >= 0.3 is 0 Å².